The van der Waals surface area contributed by atoms with Gasteiger partial charge in [0.05, 0.1) is 17.6 Å². The van der Waals surface area contributed by atoms with Gasteiger partial charge in [-0.05, 0) is 18.4 Å². The molecule has 1 atom stereocenters. The number of thiazole rings is 1. The average molecular weight is 290 g/mol. The Morgan fingerprint density at radius 2 is 2.45 bits per heavy atom. The third-order valence-corrected chi connectivity index (χ3v) is 4.63. The second-order valence-electron chi connectivity index (χ2n) is 5.25. The Balaban J connectivity index is 1.63. The van der Waals surface area contributed by atoms with E-state index in [1.807, 2.05) is 29.7 Å². The molecule has 2 aromatic rings. The largest absolute Gasteiger partial charge is 0.342 e. The maximum Gasteiger partial charge on any atom is 0.227 e. The van der Waals surface area contributed by atoms with Gasteiger partial charge in [0.25, 0.3) is 0 Å². The molecular formula is C14H18N4OS. The van der Waals surface area contributed by atoms with Crippen LogP contribution in [0.2, 0.25) is 0 Å². The molecule has 0 saturated carbocycles. The molecule has 0 radical (unpaired) electrons. The minimum Gasteiger partial charge on any atom is -0.342 e. The first kappa shape index (κ1) is 13.3. The second-order valence-corrected chi connectivity index (χ2v) is 6.17. The van der Waals surface area contributed by atoms with Gasteiger partial charge in [-0.3, -0.25) is 9.48 Å². The maximum atomic E-state index is 12.4. The van der Waals surface area contributed by atoms with Crippen LogP contribution < -0.4 is 0 Å². The number of carbonyl (C=O) groups is 1. The van der Waals surface area contributed by atoms with E-state index in [4.69, 9.17) is 0 Å². The van der Waals surface area contributed by atoms with Crippen LogP contribution in [0, 0.1) is 0 Å². The van der Waals surface area contributed by atoms with E-state index in [0.717, 1.165) is 36.5 Å². The molecule has 0 N–H and O–H groups in total. The fourth-order valence-electron chi connectivity index (χ4n) is 2.69. The molecular weight excluding hydrogens is 272 g/mol. The summed E-state index contributed by atoms with van der Waals surface area (Å²) in [5.41, 5.74) is 0.980. The van der Waals surface area contributed by atoms with Crippen molar-refractivity contribution >= 4 is 17.2 Å². The Morgan fingerprint density at radius 1 is 1.55 bits per heavy atom. The van der Waals surface area contributed by atoms with Crippen molar-refractivity contribution in [2.75, 3.05) is 13.1 Å². The normalized spacial score (nSPS) is 19.2. The molecule has 0 unspecified atom stereocenters. The fourth-order valence-corrected chi connectivity index (χ4v) is 3.46. The minimum absolute atomic E-state index is 0.194. The van der Waals surface area contributed by atoms with Crippen LogP contribution in [-0.2, 0) is 18.3 Å². The molecule has 1 fully saturated rings. The quantitative estimate of drug-likeness (QED) is 0.866. The maximum absolute atomic E-state index is 12.4. The first-order valence-corrected chi connectivity index (χ1v) is 7.75. The number of nitrogens with zero attached hydrogens (tertiary/aromatic N) is 4. The van der Waals surface area contributed by atoms with Crippen molar-refractivity contribution in [2.24, 2.45) is 7.05 Å². The van der Waals surface area contributed by atoms with E-state index in [0.29, 0.717) is 12.3 Å². The fraction of sp³-hybridized carbons (Fsp3) is 0.500. The van der Waals surface area contributed by atoms with E-state index in [9.17, 15) is 4.79 Å². The zero-order valence-electron chi connectivity index (χ0n) is 11.5. The number of carbonyl (C=O) groups excluding carboxylic acids is 1. The lowest BCUT2D eigenvalue weighted by Gasteiger charge is -2.31. The van der Waals surface area contributed by atoms with E-state index < -0.39 is 0 Å². The van der Waals surface area contributed by atoms with Crippen LogP contribution in [0.15, 0.2) is 24.0 Å². The molecule has 3 heterocycles. The molecule has 1 amide bonds. The molecule has 0 aliphatic carbocycles. The van der Waals surface area contributed by atoms with Gasteiger partial charge in [-0.2, -0.15) is 5.10 Å². The Kier molecular flexibility index (Phi) is 3.82. The van der Waals surface area contributed by atoms with Crippen molar-refractivity contribution in [3.8, 4) is 0 Å². The topological polar surface area (TPSA) is 51.0 Å². The molecule has 20 heavy (non-hydrogen) atoms. The summed E-state index contributed by atoms with van der Waals surface area (Å²) in [7, 11) is 1.87. The Hall–Kier alpha value is -1.69. The number of aromatic nitrogens is 3. The molecule has 6 heteroatoms. The molecule has 0 aromatic carbocycles. The second kappa shape index (κ2) is 5.75. The number of hydrogen-bond acceptors (Lipinski definition) is 4. The molecule has 0 bridgehead atoms. The number of rotatable bonds is 3. The van der Waals surface area contributed by atoms with Gasteiger partial charge >= 0.3 is 0 Å². The van der Waals surface area contributed by atoms with Crippen LogP contribution in [-0.4, -0.2) is 38.7 Å². The van der Waals surface area contributed by atoms with Crippen LogP contribution >= 0.6 is 11.3 Å². The smallest absolute Gasteiger partial charge is 0.227 e. The van der Waals surface area contributed by atoms with Crippen molar-refractivity contribution in [3.05, 3.63) is 34.5 Å². The summed E-state index contributed by atoms with van der Waals surface area (Å²) in [4.78, 5) is 18.7. The van der Waals surface area contributed by atoms with E-state index in [1.54, 1.807) is 22.2 Å². The Morgan fingerprint density at radius 3 is 3.15 bits per heavy atom. The number of piperidine rings is 1. The monoisotopic (exact) mass is 290 g/mol. The van der Waals surface area contributed by atoms with Gasteiger partial charge in [0.15, 0.2) is 0 Å². The zero-order valence-corrected chi connectivity index (χ0v) is 12.3. The molecule has 3 rings (SSSR count). The first-order chi connectivity index (χ1) is 9.72. The molecule has 5 nitrogen and oxygen atoms in total. The van der Waals surface area contributed by atoms with Gasteiger partial charge in [0.1, 0.15) is 0 Å². The van der Waals surface area contributed by atoms with Crippen LogP contribution in [0.25, 0.3) is 0 Å². The van der Waals surface area contributed by atoms with Crippen LogP contribution in [0.3, 0.4) is 0 Å². The van der Waals surface area contributed by atoms with E-state index in [2.05, 4.69) is 10.1 Å². The summed E-state index contributed by atoms with van der Waals surface area (Å²) < 4.78 is 1.73. The van der Waals surface area contributed by atoms with Crippen LogP contribution in [0.5, 0.6) is 0 Å². The van der Waals surface area contributed by atoms with E-state index in [-0.39, 0.29) is 5.91 Å². The lowest BCUT2D eigenvalue weighted by molar-refractivity contribution is -0.131. The molecule has 1 saturated heterocycles. The summed E-state index contributed by atoms with van der Waals surface area (Å²) in [6, 6.07) is 0. The summed E-state index contributed by atoms with van der Waals surface area (Å²) in [6.45, 7) is 1.66. The highest BCUT2D eigenvalue weighted by molar-refractivity contribution is 7.09. The third kappa shape index (κ3) is 2.90. The molecule has 106 valence electrons. The number of aryl methyl sites for hydroxylation is 1. The average Bonchev–Trinajstić information content (AvgIpc) is 3.11. The Bertz CT molecular complexity index is 578. The third-order valence-electron chi connectivity index (χ3n) is 3.69. The van der Waals surface area contributed by atoms with E-state index >= 15 is 0 Å². The van der Waals surface area contributed by atoms with Gasteiger partial charge < -0.3 is 4.90 Å². The van der Waals surface area contributed by atoms with E-state index in [1.165, 1.54) is 0 Å². The van der Waals surface area contributed by atoms with Gasteiger partial charge in [-0.15, -0.1) is 11.3 Å². The Labute approximate surface area is 122 Å². The predicted octanol–water partition coefficient (Wildman–Crippen LogP) is 1.83. The minimum atomic E-state index is 0.194. The zero-order chi connectivity index (χ0) is 13.9. The van der Waals surface area contributed by atoms with Crippen molar-refractivity contribution in [1.29, 1.82) is 0 Å². The lowest BCUT2D eigenvalue weighted by atomic mass is 9.98. The standard InChI is InChI=1S/C14H18N4OS/c1-17-9-11(8-16-17)7-13(19)18-5-2-3-12(10-18)14-15-4-6-20-14/h4,6,8-9,12H,2-3,5,7,10H2,1H3/t12-/m0/s1. The van der Waals surface area contributed by atoms with Gasteiger partial charge in [0, 0.05) is 43.8 Å². The SMILES string of the molecule is Cn1cc(CC(=O)N2CCC[C@H](c3nccs3)C2)cn1. The summed E-state index contributed by atoms with van der Waals surface area (Å²) in [5.74, 6) is 0.598. The number of hydrogen-bond donors (Lipinski definition) is 0. The number of likely N-dealkylation sites (tertiary alicyclic amines) is 1. The molecule has 0 spiro atoms. The highest BCUT2D eigenvalue weighted by Crippen LogP contribution is 2.28. The van der Waals surface area contributed by atoms with Crippen molar-refractivity contribution in [2.45, 2.75) is 25.2 Å². The van der Waals surface area contributed by atoms with Crippen LogP contribution in [0.4, 0.5) is 0 Å². The molecule has 2 aromatic heterocycles. The number of amides is 1. The van der Waals surface area contributed by atoms with Crippen molar-refractivity contribution in [1.82, 2.24) is 19.7 Å². The van der Waals surface area contributed by atoms with Gasteiger partial charge in [-0.1, -0.05) is 0 Å². The molecule has 1 aliphatic heterocycles. The highest BCUT2D eigenvalue weighted by Gasteiger charge is 2.26. The van der Waals surface area contributed by atoms with Gasteiger partial charge in [0.2, 0.25) is 5.91 Å². The highest BCUT2D eigenvalue weighted by atomic mass is 32.1. The lowest BCUT2D eigenvalue weighted by Crippen LogP contribution is -2.39. The molecule has 1 aliphatic rings. The van der Waals surface area contributed by atoms with Crippen LogP contribution in [0.1, 0.15) is 29.3 Å². The predicted molar refractivity (Wildman–Crippen MR) is 77.6 cm³/mol. The van der Waals surface area contributed by atoms with Crippen molar-refractivity contribution < 1.29 is 4.79 Å². The van der Waals surface area contributed by atoms with Gasteiger partial charge in [-0.25, -0.2) is 4.98 Å². The van der Waals surface area contributed by atoms with Crippen molar-refractivity contribution in [3.63, 3.8) is 0 Å². The summed E-state index contributed by atoms with van der Waals surface area (Å²) in [6.07, 6.45) is 8.14. The summed E-state index contributed by atoms with van der Waals surface area (Å²) >= 11 is 1.69. The first-order valence-electron chi connectivity index (χ1n) is 6.87. The summed E-state index contributed by atoms with van der Waals surface area (Å²) in [5, 5.41) is 7.27.